The molecule has 34 heavy (non-hydrogen) atoms. The van der Waals surface area contributed by atoms with Crippen molar-refractivity contribution in [1.82, 2.24) is 19.7 Å². The normalized spacial score (nSPS) is 10.9. The number of thioether (sulfide) groups is 1. The van der Waals surface area contributed by atoms with E-state index in [1.165, 1.54) is 22.9 Å². The van der Waals surface area contributed by atoms with Crippen LogP contribution in [0.25, 0.3) is 17.1 Å². The van der Waals surface area contributed by atoms with E-state index in [9.17, 15) is 4.79 Å². The van der Waals surface area contributed by atoms with Crippen molar-refractivity contribution >= 4 is 35.0 Å². The third kappa shape index (κ3) is 5.16. The highest BCUT2D eigenvalue weighted by Crippen LogP contribution is 2.32. The molecule has 0 saturated heterocycles. The third-order valence-corrected chi connectivity index (χ3v) is 6.71. The number of aromatic nitrogens is 4. The molecule has 0 aliphatic rings. The fourth-order valence-corrected chi connectivity index (χ4v) is 4.70. The second-order valence-electron chi connectivity index (χ2n) is 7.81. The number of nitrogens with one attached hydrogen (secondary N) is 1. The molecule has 2 aromatic heterocycles. The van der Waals surface area contributed by atoms with Crippen LogP contribution in [0.2, 0.25) is 5.02 Å². The first-order valence-corrected chi connectivity index (χ1v) is 12.5. The van der Waals surface area contributed by atoms with Crippen LogP contribution in [0.15, 0.2) is 66.1 Å². The maximum atomic E-state index is 12.8. The van der Waals surface area contributed by atoms with Crippen LogP contribution in [-0.4, -0.2) is 31.4 Å². The molecular weight excluding hydrogens is 466 g/mol. The van der Waals surface area contributed by atoms with E-state index in [4.69, 9.17) is 11.6 Å². The SMILES string of the molecule is CCc1cccc(CC)c1-n1c(SCC(=O)Nc2cc(Cl)ccc2C)nnc1-c1cccnc1. The number of rotatable bonds is 8. The Balaban J connectivity index is 1.70. The first kappa shape index (κ1) is 24.0. The van der Waals surface area contributed by atoms with Crippen molar-refractivity contribution in [1.29, 1.82) is 0 Å². The van der Waals surface area contributed by atoms with Crippen molar-refractivity contribution in [2.24, 2.45) is 0 Å². The summed E-state index contributed by atoms with van der Waals surface area (Å²) in [4.78, 5) is 17.0. The number of para-hydroxylation sites is 1. The Morgan fingerprint density at radius 2 is 1.82 bits per heavy atom. The Hall–Kier alpha value is -3.16. The van der Waals surface area contributed by atoms with Gasteiger partial charge in [0, 0.05) is 28.7 Å². The second kappa shape index (κ2) is 10.8. The molecule has 174 valence electrons. The van der Waals surface area contributed by atoms with Gasteiger partial charge in [-0.3, -0.25) is 14.3 Å². The molecule has 0 aliphatic carbocycles. The summed E-state index contributed by atoms with van der Waals surface area (Å²) in [7, 11) is 0. The van der Waals surface area contributed by atoms with Gasteiger partial charge in [0.1, 0.15) is 0 Å². The summed E-state index contributed by atoms with van der Waals surface area (Å²) >= 11 is 7.45. The quantitative estimate of drug-likeness (QED) is 0.299. The maximum Gasteiger partial charge on any atom is 0.234 e. The minimum atomic E-state index is -0.132. The molecule has 8 heteroatoms. The number of benzene rings is 2. The van der Waals surface area contributed by atoms with Gasteiger partial charge in [0.05, 0.1) is 11.4 Å². The van der Waals surface area contributed by atoms with Gasteiger partial charge in [0.25, 0.3) is 0 Å². The molecule has 0 bridgehead atoms. The smallest absolute Gasteiger partial charge is 0.234 e. The molecule has 6 nitrogen and oxygen atoms in total. The number of pyridine rings is 1. The zero-order valence-corrected chi connectivity index (χ0v) is 21.0. The Morgan fingerprint density at radius 3 is 2.50 bits per heavy atom. The van der Waals surface area contributed by atoms with E-state index >= 15 is 0 Å². The van der Waals surface area contributed by atoms with Gasteiger partial charge >= 0.3 is 0 Å². The molecule has 0 fully saturated rings. The van der Waals surface area contributed by atoms with Crippen molar-refractivity contribution in [2.45, 2.75) is 38.8 Å². The predicted octanol–water partition coefficient (Wildman–Crippen LogP) is 6.15. The number of carbonyl (C=O) groups is 1. The Bertz CT molecular complexity index is 1280. The van der Waals surface area contributed by atoms with Crippen molar-refractivity contribution in [2.75, 3.05) is 11.1 Å². The summed E-state index contributed by atoms with van der Waals surface area (Å²) in [5.74, 6) is 0.761. The fourth-order valence-electron chi connectivity index (χ4n) is 3.79. The second-order valence-corrected chi connectivity index (χ2v) is 9.19. The highest BCUT2D eigenvalue weighted by atomic mass is 35.5. The van der Waals surface area contributed by atoms with Crippen LogP contribution in [0.5, 0.6) is 0 Å². The lowest BCUT2D eigenvalue weighted by Gasteiger charge is -2.18. The van der Waals surface area contributed by atoms with Crippen molar-refractivity contribution in [3.8, 4) is 17.1 Å². The molecule has 0 spiro atoms. The summed E-state index contributed by atoms with van der Waals surface area (Å²) in [5, 5.41) is 13.2. The minimum Gasteiger partial charge on any atom is -0.325 e. The van der Waals surface area contributed by atoms with E-state index in [1.54, 1.807) is 24.5 Å². The van der Waals surface area contributed by atoms with E-state index in [0.29, 0.717) is 21.7 Å². The fraction of sp³-hybridized carbons (Fsp3) is 0.231. The number of carbonyl (C=O) groups excluding carboxylic acids is 1. The van der Waals surface area contributed by atoms with Gasteiger partial charge < -0.3 is 5.32 Å². The Kier molecular flexibility index (Phi) is 7.65. The molecule has 1 N–H and O–H groups in total. The number of aryl methyl sites for hydroxylation is 3. The highest BCUT2D eigenvalue weighted by Gasteiger charge is 2.21. The van der Waals surface area contributed by atoms with Crippen LogP contribution >= 0.6 is 23.4 Å². The first-order chi connectivity index (χ1) is 16.5. The molecule has 4 aromatic rings. The molecule has 2 aromatic carbocycles. The van der Waals surface area contributed by atoms with Crippen molar-refractivity contribution in [3.63, 3.8) is 0 Å². The van der Waals surface area contributed by atoms with Gasteiger partial charge in [-0.1, -0.05) is 61.5 Å². The van der Waals surface area contributed by atoms with Crippen LogP contribution in [0.1, 0.15) is 30.5 Å². The standard InChI is InChI=1S/C26H26ClN5OS/c1-4-18-8-6-9-19(5-2)24(18)32-25(20-10-7-13-28-15-20)30-31-26(32)34-16-23(33)29-22-14-21(27)12-11-17(22)3/h6-15H,4-5,16H2,1-3H3,(H,29,33). The van der Waals surface area contributed by atoms with Gasteiger partial charge in [0.2, 0.25) is 5.91 Å². The van der Waals surface area contributed by atoms with Gasteiger partial charge in [-0.15, -0.1) is 10.2 Å². The van der Waals surface area contributed by atoms with Crippen LogP contribution in [0.3, 0.4) is 0 Å². The van der Waals surface area contributed by atoms with Gasteiger partial charge in [-0.25, -0.2) is 0 Å². The van der Waals surface area contributed by atoms with E-state index in [1.807, 2.05) is 25.1 Å². The van der Waals surface area contributed by atoms with E-state index in [2.05, 4.69) is 57.1 Å². The molecule has 2 heterocycles. The van der Waals surface area contributed by atoms with E-state index < -0.39 is 0 Å². The zero-order chi connectivity index (χ0) is 24.1. The molecule has 0 saturated carbocycles. The number of halogens is 1. The summed E-state index contributed by atoms with van der Waals surface area (Å²) in [6, 6.07) is 15.6. The van der Waals surface area contributed by atoms with Crippen molar-refractivity contribution < 1.29 is 4.79 Å². The van der Waals surface area contributed by atoms with Crippen LogP contribution < -0.4 is 5.32 Å². The molecular formula is C26H26ClN5OS. The lowest BCUT2D eigenvalue weighted by molar-refractivity contribution is -0.113. The monoisotopic (exact) mass is 491 g/mol. The molecule has 0 aliphatic heterocycles. The van der Waals surface area contributed by atoms with Crippen LogP contribution in [0.4, 0.5) is 5.69 Å². The Labute approximate surface area is 208 Å². The molecule has 0 unspecified atom stereocenters. The average molecular weight is 492 g/mol. The largest absolute Gasteiger partial charge is 0.325 e. The predicted molar refractivity (Wildman–Crippen MR) is 139 cm³/mol. The van der Waals surface area contributed by atoms with E-state index in [-0.39, 0.29) is 11.7 Å². The van der Waals surface area contributed by atoms with Gasteiger partial charge in [-0.2, -0.15) is 0 Å². The summed E-state index contributed by atoms with van der Waals surface area (Å²) < 4.78 is 2.07. The molecule has 4 rings (SSSR count). The summed E-state index contributed by atoms with van der Waals surface area (Å²) in [6.07, 6.45) is 5.25. The average Bonchev–Trinajstić information content (AvgIpc) is 3.28. The number of hydrogen-bond acceptors (Lipinski definition) is 5. The van der Waals surface area contributed by atoms with Crippen LogP contribution in [-0.2, 0) is 17.6 Å². The topological polar surface area (TPSA) is 72.7 Å². The lowest BCUT2D eigenvalue weighted by Crippen LogP contribution is -2.15. The van der Waals surface area contributed by atoms with E-state index in [0.717, 1.165) is 29.7 Å². The lowest BCUT2D eigenvalue weighted by atomic mass is 10.0. The highest BCUT2D eigenvalue weighted by molar-refractivity contribution is 7.99. The Morgan fingerprint density at radius 1 is 1.06 bits per heavy atom. The minimum absolute atomic E-state index is 0.132. The number of nitrogens with zero attached hydrogens (tertiary/aromatic N) is 4. The van der Waals surface area contributed by atoms with Crippen molar-refractivity contribution in [3.05, 3.63) is 82.6 Å². The van der Waals surface area contributed by atoms with Crippen LogP contribution in [0, 0.1) is 6.92 Å². The number of anilines is 1. The summed E-state index contributed by atoms with van der Waals surface area (Å²) in [6.45, 7) is 6.21. The number of amides is 1. The third-order valence-electron chi connectivity index (χ3n) is 5.55. The maximum absolute atomic E-state index is 12.8. The molecule has 0 radical (unpaired) electrons. The molecule has 0 atom stereocenters. The molecule has 1 amide bonds. The zero-order valence-electron chi connectivity index (χ0n) is 19.4. The summed E-state index contributed by atoms with van der Waals surface area (Å²) in [5.41, 5.74) is 6.00. The van der Waals surface area contributed by atoms with Gasteiger partial charge in [0.15, 0.2) is 11.0 Å². The first-order valence-electron chi connectivity index (χ1n) is 11.2. The van der Waals surface area contributed by atoms with Gasteiger partial charge in [-0.05, 0) is 60.7 Å². The number of hydrogen-bond donors (Lipinski definition) is 1.